The average molecular weight is 678 g/mol. The third-order valence-electron chi connectivity index (χ3n) is 5.61. The number of aliphatic hydroxyl groups excluding tert-OH is 1. The zero-order chi connectivity index (χ0) is 23.1. The summed E-state index contributed by atoms with van der Waals surface area (Å²) in [6, 6.07) is 14.6. The predicted molar refractivity (Wildman–Crippen MR) is 128 cm³/mol. The molecular weight excluding hydrogens is 645 g/mol. The van der Waals surface area contributed by atoms with Crippen LogP contribution >= 0.6 is 0 Å². The molecule has 32 heavy (non-hydrogen) atoms. The van der Waals surface area contributed by atoms with Gasteiger partial charge in [0.05, 0.1) is 0 Å². The van der Waals surface area contributed by atoms with E-state index in [1.807, 2.05) is 78.1 Å². The zero-order valence-electron chi connectivity index (χ0n) is 19.6. The summed E-state index contributed by atoms with van der Waals surface area (Å²) < 4.78 is 6.93. The van der Waals surface area contributed by atoms with Gasteiger partial charge >= 0.3 is 99.1 Å². The second-order valence-electron chi connectivity index (χ2n) is 8.68. The quantitative estimate of drug-likeness (QED) is 0.130. The van der Waals surface area contributed by atoms with Gasteiger partial charge in [-0.3, -0.25) is 4.79 Å². The second kappa shape index (κ2) is 12.5. The van der Waals surface area contributed by atoms with Gasteiger partial charge in [-0.05, 0) is 12.8 Å². The number of ether oxygens (including phenoxy) is 1. The number of hydrogen-bond donors (Lipinski definition) is 1. The van der Waals surface area contributed by atoms with E-state index in [9.17, 15) is 9.90 Å². The molecule has 0 amide bonds. The van der Waals surface area contributed by atoms with E-state index in [1.165, 1.54) is 15.7 Å². The van der Waals surface area contributed by atoms with E-state index in [1.54, 1.807) is 0 Å². The second-order valence-corrected chi connectivity index (χ2v) is 10.7. The van der Waals surface area contributed by atoms with Crippen molar-refractivity contribution in [1.82, 2.24) is 4.98 Å². The number of benzene rings is 1. The number of aromatic nitrogens is 1. The Bertz CT molecular complexity index is 1030. The van der Waals surface area contributed by atoms with Gasteiger partial charge in [-0.25, -0.2) is 0 Å². The van der Waals surface area contributed by atoms with Gasteiger partial charge < -0.3 is 5.11 Å². The number of aliphatic hydroxyl groups is 1. The molecule has 3 rings (SSSR count). The number of carbonyl (C=O) groups excluding carboxylic acids is 1. The number of nitrogens with zero attached hydrogens (tertiary/aromatic N) is 1. The van der Waals surface area contributed by atoms with E-state index in [-0.39, 0.29) is 42.5 Å². The molecule has 0 bridgehead atoms. The Labute approximate surface area is 211 Å². The van der Waals surface area contributed by atoms with Crippen molar-refractivity contribution in [3.8, 4) is 11.6 Å². The number of allylic oxidation sites excluding steroid dienone is 2. The molecule has 1 aromatic carbocycles. The Balaban J connectivity index is 0.000000312. The first kappa shape index (κ1) is 28.3. The monoisotopic (exact) mass is 679 g/mol. The molecule has 1 radical (unpaired) electrons. The van der Waals surface area contributed by atoms with Crippen LogP contribution in [0.2, 0.25) is 0 Å². The molecule has 0 unspecified atom stereocenters. The molecule has 6 heteroatoms. The Kier molecular flexibility index (Phi) is 11.1. The number of para-hydroxylation sites is 1. The van der Waals surface area contributed by atoms with Gasteiger partial charge in [-0.2, -0.15) is 0 Å². The molecule has 0 saturated heterocycles. The van der Waals surface area contributed by atoms with Crippen molar-refractivity contribution in [3.63, 3.8) is 0 Å². The van der Waals surface area contributed by atoms with E-state index >= 15 is 0 Å². The fraction of sp³-hybridized carbons (Fsp3) is 0.385. The summed E-state index contributed by atoms with van der Waals surface area (Å²) in [6.45, 7) is 11.7. The van der Waals surface area contributed by atoms with E-state index < -0.39 is 0 Å². The molecule has 0 atom stereocenters. The van der Waals surface area contributed by atoms with Crippen LogP contribution in [0.4, 0.5) is 0 Å². The molecule has 0 spiro atoms. The van der Waals surface area contributed by atoms with Crippen LogP contribution in [0.5, 0.6) is 11.6 Å². The molecule has 3 aromatic rings. The number of ketones is 1. The van der Waals surface area contributed by atoms with Crippen molar-refractivity contribution in [2.24, 2.45) is 10.8 Å². The van der Waals surface area contributed by atoms with Crippen LogP contribution in [0.1, 0.15) is 54.4 Å². The molecule has 0 saturated carbocycles. The third kappa shape index (κ3) is 8.01. The fourth-order valence-corrected chi connectivity index (χ4v) is 3.87. The van der Waals surface area contributed by atoms with Gasteiger partial charge in [0.15, 0.2) is 5.78 Å². The van der Waals surface area contributed by atoms with E-state index in [0.717, 1.165) is 12.8 Å². The van der Waals surface area contributed by atoms with E-state index in [0.29, 0.717) is 26.1 Å². The Hall–Kier alpha value is -1.71. The van der Waals surface area contributed by atoms with Crippen LogP contribution < -0.4 is 4.74 Å². The van der Waals surface area contributed by atoms with Crippen molar-refractivity contribution in [1.29, 1.82) is 0 Å². The number of rotatable bonds is 7. The normalized spacial score (nSPS) is 11.9. The predicted octanol–water partition coefficient (Wildman–Crippen LogP) is 6.75. The summed E-state index contributed by atoms with van der Waals surface area (Å²) in [5.74, 6) is 1.52. The Morgan fingerprint density at radius 1 is 1.16 bits per heavy atom. The summed E-state index contributed by atoms with van der Waals surface area (Å²) in [5.41, 5.74) is -0.683. The summed E-state index contributed by atoms with van der Waals surface area (Å²) >= 11 is 0.444. The van der Waals surface area contributed by atoms with Crippen LogP contribution in [-0.2, 0) is 24.9 Å². The van der Waals surface area contributed by atoms with Crippen molar-refractivity contribution in [2.75, 3.05) is 0 Å². The standard InChI is InChI=1S/C13H8NOSe.C13H24O2.Ir/c1-2-4-11(5-3-1)15-13-8-10-6-7-16-12(10)9-14-13;1-7-12(3,4)10(14)9-11(15)13(5,6)8-2;/h1-4,6-9H;9,14H,7-8H2,1-6H3;/q-1;;/b;10-9-;. The first-order valence-corrected chi connectivity index (χ1v) is 12.4. The van der Waals surface area contributed by atoms with Crippen LogP contribution in [0, 0.1) is 16.9 Å². The van der Waals surface area contributed by atoms with E-state index in [2.05, 4.69) is 22.1 Å². The summed E-state index contributed by atoms with van der Waals surface area (Å²) in [5, 5.41) is 11.1. The number of hydrogen-bond acceptors (Lipinski definition) is 4. The average Bonchev–Trinajstić information content (AvgIpc) is 3.22. The minimum absolute atomic E-state index is 0. The third-order valence-corrected chi connectivity index (χ3v) is 7.43. The molecule has 2 aromatic heterocycles. The van der Waals surface area contributed by atoms with Crippen LogP contribution in [0.3, 0.4) is 0 Å². The molecule has 4 nitrogen and oxygen atoms in total. The van der Waals surface area contributed by atoms with Gasteiger partial charge in [0.2, 0.25) is 0 Å². The molecular formula is C26H32IrNO3Se-. The molecule has 0 aliphatic rings. The molecule has 1 N–H and O–H groups in total. The zero-order valence-corrected chi connectivity index (χ0v) is 23.7. The first-order valence-electron chi connectivity index (χ1n) is 10.5. The fourth-order valence-electron chi connectivity index (χ4n) is 2.33. The molecule has 2 heterocycles. The maximum atomic E-state index is 11.8. The minimum atomic E-state index is -0.377. The summed E-state index contributed by atoms with van der Waals surface area (Å²) in [6.07, 6.45) is 4.89. The van der Waals surface area contributed by atoms with Gasteiger partial charge in [-0.1, -0.05) is 41.5 Å². The van der Waals surface area contributed by atoms with Gasteiger partial charge in [0.1, 0.15) is 5.76 Å². The number of pyridine rings is 1. The van der Waals surface area contributed by atoms with Crippen molar-refractivity contribution >= 4 is 29.9 Å². The van der Waals surface area contributed by atoms with Crippen LogP contribution in [0.15, 0.2) is 59.4 Å². The van der Waals surface area contributed by atoms with Crippen LogP contribution in [0.25, 0.3) is 9.65 Å². The van der Waals surface area contributed by atoms with Crippen LogP contribution in [-0.4, -0.2) is 30.4 Å². The van der Waals surface area contributed by atoms with Gasteiger partial charge in [0, 0.05) is 37.0 Å². The first-order chi connectivity index (χ1) is 14.6. The van der Waals surface area contributed by atoms with Gasteiger partial charge in [0.25, 0.3) is 0 Å². The van der Waals surface area contributed by atoms with Crippen molar-refractivity contribution in [2.45, 2.75) is 54.4 Å². The Morgan fingerprint density at radius 3 is 2.44 bits per heavy atom. The number of fused-ring (bicyclic) bond motifs is 1. The Morgan fingerprint density at radius 2 is 1.84 bits per heavy atom. The van der Waals surface area contributed by atoms with Gasteiger partial charge in [-0.15, -0.1) is 0 Å². The summed E-state index contributed by atoms with van der Waals surface area (Å²) in [4.78, 5) is 18.3. The van der Waals surface area contributed by atoms with E-state index in [4.69, 9.17) is 4.74 Å². The van der Waals surface area contributed by atoms with Crippen molar-refractivity contribution < 1.29 is 34.7 Å². The summed E-state index contributed by atoms with van der Waals surface area (Å²) in [7, 11) is 0. The molecule has 0 aliphatic heterocycles. The molecule has 0 fully saturated rings. The number of carbonyl (C=O) groups is 1. The molecule has 175 valence electrons. The maximum absolute atomic E-state index is 11.8. The topological polar surface area (TPSA) is 59.4 Å². The molecule has 0 aliphatic carbocycles. The van der Waals surface area contributed by atoms with Crippen molar-refractivity contribution in [3.05, 3.63) is 65.4 Å². The SMILES string of the molecule is CCC(C)(C)C(=O)/C=C(\O)C(C)(C)CC.[Ir].[c-]1ccccc1Oc1cc2cc[se]c2cn1.